The minimum atomic E-state index is -0.185. The molecule has 0 aliphatic carbocycles. The van der Waals surface area contributed by atoms with E-state index in [9.17, 15) is 0 Å². The van der Waals surface area contributed by atoms with E-state index >= 15 is 0 Å². The second-order valence-electron chi connectivity index (χ2n) is 3.41. The van der Waals surface area contributed by atoms with Gasteiger partial charge >= 0.3 is 0 Å². The van der Waals surface area contributed by atoms with Crippen molar-refractivity contribution >= 4 is 38.9 Å². The molecule has 1 atom stereocenters. The van der Waals surface area contributed by atoms with Crippen LogP contribution in [0, 0.1) is 13.8 Å². The summed E-state index contributed by atoms with van der Waals surface area (Å²) >= 11 is 11.4. The third kappa shape index (κ3) is 2.30. The zero-order valence-corrected chi connectivity index (χ0v) is 11.5. The third-order valence-electron chi connectivity index (χ3n) is 2.15. The van der Waals surface area contributed by atoms with Crippen molar-refractivity contribution in [1.29, 1.82) is 0 Å². The summed E-state index contributed by atoms with van der Waals surface area (Å²) in [5, 5.41) is -0.185. The van der Waals surface area contributed by atoms with Gasteiger partial charge in [0.15, 0.2) is 4.67 Å². The van der Waals surface area contributed by atoms with E-state index in [4.69, 9.17) is 16.0 Å². The first-order valence-electron chi connectivity index (χ1n) is 4.54. The summed E-state index contributed by atoms with van der Waals surface area (Å²) in [6.45, 7) is 4.16. The molecular formula is C11H10BrClOS. The van der Waals surface area contributed by atoms with Crippen LogP contribution in [0.15, 0.2) is 27.3 Å². The molecule has 1 nitrogen and oxygen atoms in total. The molecule has 0 saturated heterocycles. The van der Waals surface area contributed by atoms with Crippen molar-refractivity contribution < 1.29 is 4.42 Å². The number of alkyl halides is 1. The summed E-state index contributed by atoms with van der Waals surface area (Å²) in [4.78, 5) is 2.44. The van der Waals surface area contributed by atoms with Gasteiger partial charge in [0.1, 0.15) is 11.1 Å². The van der Waals surface area contributed by atoms with Gasteiger partial charge in [0.2, 0.25) is 0 Å². The van der Waals surface area contributed by atoms with Crippen molar-refractivity contribution in [3.05, 3.63) is 43.9 Å². The van der Waals surface area contributed by atoms with Crippen LogP contribution >= 0.6 is 38.9 Å². The highest BCUT2D eigenvalue weighted by Crippen LogP contribution is 2.37. The van der Waals surface area contributed by atoms with Crippen LogP contribution in [0.5, 0.6) is 0 Å². The molecule has 0 aliphatic heterocycles. The summed E-state index contributed by atoms with van der Waals surface area (Å²) < 4.78 is 6.17. The van der Waals surface area contributed by atoms with Crippen LogP contribution < -0.4 is 0 Å². The molecule has 2 rings (SSSR count). The monoisotopic (exact) mass is 304 g/mol. The maximum absolute atomic E-state index is 6.36. The highest BCUT2D eigenvalue weighted by molar-refractivity contribution is 9.10. The Hall–Kier alpha value is -0.250. The van der Waals surface area contributed by atoms with Gasteiger partial charge in [-0.05, 0) is 53.5 Å². The lowest BCUT2D eigenvalue weighted by Gasteiger charge is -2.04. The number of halogens is 2. The Morgan fingerprint density at radius 2 is 2.13 bits per heavy atom. The highest BCUT2D eigenvalue weighted by atomic mass is 79.9. The summed E-state index contributed by atoms with van der Waals surface area (Å²) in [7, 11) is 0. The summed E-state index contributed by atoms with van der Waals surface area (Å²) in [5.41, 5.74) is 1.23. The van der Waals surface area contributed by atoms with E-state index in [1.807, 2.05) is 12.1 Å². The molecule has 4 heteroatoms. The zero-order chi connectivity index (χ0) is 11.0. The lowest BCUT2D eigenvalue weighted by molar-refractivity contribution is 0.495. The van der Waals surface area contributed by atoms with Crippen molar-refractivity contribution in [3.63, 3.8) is 0 Å². The first-order chi connectivity index (χ1) is 7.08. The van der Waals surface area contributed by atoms with Gasteiger partial charge in [0.25, 0.3) is 0 Å². The smallest absolute Gasteiger partial charge is 0.169 e. The van der Waals surface area contributed by atoms with Crippen LogP contribution in [0.1, 0.15) is 26.5 Å². The molecule has 0 spiro atoms. The van der Waals surface area contributed by atoms with E-state index in [1.54, 1.807) is 11.3 Å². The normalized spacial score (nSPS) is 13.1. The highest BCUT2D eigenvalue weighted by Gasteiger charge is 2.18. The Bertz CT molecular complexity index is 475. The Morgan fingerprint density at radius 1 is 1.40 bits per heavy atom. The van der Waals surface area contributed by atoms with E-state index < -0.39 is 0 Å². The van der Waals surface area contributed by atoms with E-state index in [-0.39, 0.29) is 5.38 Å². The molecule has 0 aromatic carbocycles. The van der Waals surface area contributed by atoms with Crippen LogP contribution in [0.25, 0.3) is 0 Å². The minimum Gasteiger partial charge on any atom is -0.452 e. The summed E-state index contributed by atoms with van der Waals surface area (Å²) in [6.07, 6.45) is 0. The van der Waals surface area contributed by atoms with Gasteiger partial charge in [-0.25, -0.2) is 0 Å². The molecule has 15 heavy (non-hydrogen) atoms. The van der Waals surface area contributed by atoms with Crippen molar-refractivity contribution in [2.45, 2.75) is 19.2 Å². The van der Waals surface area contributed by atoms with E-state index in [0.29, 0.717) is 4.67 Å². The maximum Gasteiger partial charge on any atom is 0.169 e. The second kappa shape index (κ2) is 4.32. The van der Waals surface area contributed by atoms with Crippen molar-refractivity contribution in [3.8, 4) is 0 Å². The average molecular weight is 306 g/mol. The molecule has 2 aromatic heterocycles. The SMILES string of the molecule is Cc1cc(C)c(C(Cl)c2ccc(Br)o2)s1. The number of furan rings is 1. The Balaban J connectivity index is 2.35. The fourth-order valence-corrected chi connectivity index (χ4v) is 3.27. The van der Waals surface area contributed by atoms with Crippen LogP contribution in [0.2, 0.25) is 0 Å². The van der Waals surface area contributed by atoms with Gasteiger partial charge in [-0.3, -0.25) is 0 Å². The Morgan fingerprint density at radius 3 is 2.60 bits per heavy atom. The van der Waals surface area contributed by atoms with Gasteiger partial charge in [-0.1, -0.05) is 0 Å². The fourth-order valence-electron chi connectivity index (χ4n) is 1.50. The molecule has 0 amide bonds. The average Bonchev–Trinajstić information content (AvgIpc) is 2.71. The number of aryl methyl sites for hydroxylation is 2. The maximum atomic E-state index is 6.36. The first-order valence-corrected chi connectivity index (χ1v) is 6.59. The number of thiophene rings is 1. The van der Waals surface area contributed by atoms with Gasteiger partial charge in [0.05, 0.1) is 0 Å². The number of rotatable bonds is 2. The van der Waals surface area contributed by atoms with E-state index in [0.717, 1.165) is 10.6 Å². The van der Waals surface area contributed by atoms with E-state index in [1.165, 1.54) is 10.4 Å². The van der Waals surface area contributed by atoms with Crippen LogP contribution in [-0.2, 0) is 0 Å². The molecular weight excluding hydrogens is 296 g/mol. The van der Waals surface area contributed by atoms with Gasteiger partial charge in [0, 0.05) is 9.75 Å². The van der Waals surface area contributed by atoms with Gasteiger partial charge in [-0.2, -0.15) is 0 Å². The predicted octanol–water partition coefficient (Wildman–Crippen LogP) is 5.05. The lowest BCUT2D eigenvalue weighted by atomic mass is 10.2. The first kappa shape index (κ1) is 11.2. The summed E-state index contributed by atoms with van der Waals surface area (Å²) in [6, 6.07) is 5.91. The molecule has 0 saturated carbocycles. The zero-order valence-electron chi connectivity index (χ0n) is 8.38. The molecule has 1 unspecified atom stereocenters. The molecule has 0 radical (unpaired) electrons. The van der Waals surface area contributed by atoms with Crippen LogP contribution in [-0.4, -0.2) is 0 Å². The quantitative estimate of drug-likeness (QED) is 0.708. The van der Waals surface area contributed by atoms with Crippen molar-refractivity contribution in [2.75, 3.05) is 0 Å². The molecule has 0 aliphatic rings. The minimum absolute atomic E-state index is 0.185. The Labute approximate surface area is 106 Å². The van der Waals surface area contributed by atoms with E-state index in [2.05, 4.69) is 35.8 Å². The number of hydrogen-bond donors (Lipinski definition) is 0. The van der Waals surface area contributed by atoms with Crippen molar-refractivity contribution in [1.82, 2.24) is 0 Å². The number of hydrogen-bond acceptors (Lipinski definition) is 2. The van der Waals surface area contributed by atoms with Crippen LogP contribution in [0.4, 0.5) is 0 Å². The molecule has 2 aromatic rings. The second-order valence-corrected chi connectivity index (χ2v) is 5.91. The predicted molar refractivity (Wildman–Crippen MR) is 67.9 cm³/mol. The topological polar surface area (TPSA) is 13.1 Å². The molecule has 2 heterocycles. The fraction of sp³-hybridized carbons (Fsp3) is 0.273. The molecule has 0 bridgehead atoms. The molecule has 0 fully saturated rings. The van der Waals surface area contributed by atoms with Crippen molar-refractivity contribution in [2.24, 2.45) is 0 Å². The standard InChI is InChI=1S/C11H10BrClOS/c1-6-5-7(2)15-11(6)10(13)8-3-4-9(12)14-8/h3-5,10H,1-2H3. The largest absolute Gasteiger partial charge is 0.452 e. The van der Waals surface area contributed by atoms with Gasteiger partial charge < -0.3 is 4.42 Å². The van der Waals surface area contributed by atoms with Gasteiger partial charge in [-0.15, -0.1) is 22.9 Å². The third-order valence-corrected chi connectivity index (χ3v) is 4.36. The van der Waals surface area contributed by atoms with Crippen LogP contribution in [0.3, 0.4) is 0 Å². The Kier molecular flexibility index (Phi) is 3.24. The lowest BCUT2D eigenvalue weighted by Crippen LogP contribution is -1.89. The molecule has 0 N–H and O–H groups in total. The molecule has 80 valence electrons. The summed E-state index contributed by atoms with van der Waals surface area (Å²) in [5.74, 6) is 0.786.